The number of nitrogens with zero attached hydrogens (tertiary/aromatic N) is 1. The summed E-state index contributed by atoms with van der Waals surface area (Å²) in [4.78, 5) is 11.2. The van der Waals surface area contributed by atoms with Crippen LogP contribution in [0.1, 0.15) is 42.9 Å². The van der Waals surface area contributed by atoms with E-state index in [9.17, 15) is 17.6 Å². The third kappa shape index (κ3) is 4.86. The highest BCUT2D eigenvalue weighted by atomic mass is 32.2. The number of sulfonamides is 1. The molecule has 1 amide bonds. The first-order valence-corrected chi connectivity index (χ1v) is 11.2. The lowest BCUT2D eigenvalue weighted by Gasteiger charge is -2.36. The molecule has 8 heteroatoms. The quantitative estimate of drug-likeness (QED) is 0.773. The molecular weight excluding hydrogens is 369 g/mol. The Labute approximate surface area is 160 Å². The van der Waals surface area contributed by atoms with Gasteiger partial charge in [0.05, 0.1) is 0 Å². The van der Waals surface area contributed by atoms with Crippen LogP contribution in [-0.2, 0) is 14.8 Å². The molecular formula is C19H28FN3O3S. The summed E-state index contributed by atoms with van der Waals surface area (Å²) in [5.41, 5.74) is 1.21. The van der Waals surface area contributed by atoms with Crippen molar-refractivity contribution in [2.24, 2.45) is 5.92 Å². The normalized spacial score (nSPS) is 20.9. The minimum Gasteiger partial charge on any atom is -0.324 e. The molecule has 1 atom stereocenters. The van der Waals surface area contributed by atoms with Crippen molar-refractivity contribution >= 4 is 21.6 Å². The number of hydrogen-bond donors (Lipinski definition) is 2. The average molecular weight is 398 g/mol. The van der Waals surface area contributed by atoms with Crippen molar-refractivity contribution in [3.05, 3.63) is 29.8 Å². The average Bonchev–Trinajstić information content (AvgIpc) is 2.71. The van der Waals surface area contributed by atoms with Crippen LogP contribution in [0.4, 0.5) is 10.1 Å². The monoisotopic (exact) mass is 397 g/mol. The lowest BCUT2D eigenvalue weighted by molar-refractivity contribution is -0.117. The van der Waals surface area contributed by atoms with Crippen LogP contribution < -0.4 is 10.6 Å². The van der Waals surface area contributed by atoms with Crippen LogP contribution in [0.25, 0.3) is 0 Å². The highest BCUT2D eigenvalue weighted by Gasteiger charge is 2.39. The summed E-state index contributed by atoms with van der Waals surface area (Å²) in [5, 5.41) is 5.17. The summed E-state index contributed by atoms with van der Waals surface area (Å²) >= 11 is 0. The first kappa shape index (κ1) is 20.2. The van der Waals surface area contributed by atoms with Gasteiger partial charge in [0.15, 0.2) is 6.67 Å². The molecule has 1 aromatic rings. The van der Waals surface area contributed by atoms with E-state index in [0.29, 0.717) is 18.8 Å². The number of alkyl halides is 1. The number of amides is 1. The van der Waals surface area contributed by atoms with Crippen LogP contribution in [0.15, 0.2) is 24.3 Å². The van der Waals surface area contributed by atoms with Crippen LogP contribution in [0.5, 0.6) is 0 Å². The molecule has 27 heavy (non-hydrogen) atoms. The van der Waals surface area contributed by atoms with Crippen LogP contribution in [-0.4, -0.2) is 51.5 Å². The van der Waals surface area contributed by atoms with Crippen molar-refractivity contribution in [3.63, 3.8) is 0 Å². The number of benzene rings is 1. The Kier molecular flexibility index (Phi) is 6.83. The maximum Gasteiger partial charge on any atom is 0.255 e. The fourth-order valence-electron chi connectivity index (χ4n) is 4.06. The molecule has 0 bridgehead atoms. The molecule has 6 nitrogen and oxygen atoms in total. The van der Waals surface area contributed by atoms with Gasteiger partial charge in [-0.15, -0.1) is 0 Å². The zero-order chi connectivity index (χ0) is 19.3. The van der Waals surface area contributed by atoms with Crippen molar-refractivity contribution in [1.82, 2.24) is 9.62 Å². The van der Waals surface area contributed by atoms with Gasteiger partial charge in [0, 0.05) is 18.8 Å². The number of nitrogens with one attached hydrogen (secondary N) is 2. The van der Waals surface area contributed by atoms with Gasteiger partial charge in [-0.2, -0.15) is 0 Å². The maximum atomic E-state index is 13.5. The van der Waals surface area contributed by atoms with Crippen molar-refractivity contribution in [2.45, 2.75) is 37.4 Å². The van der Waals surface area contributed by atoms with E-state index in [1.807, 2.05) is 0 Å². The standard InChI is InChI=1S/C19H28FN3O3S/c20-14-18(24)22-17-6-4-15(5-7-17)19(16-8-10-21-11-9-16)27(25,26)23-12-2-1-3-13-23/h4-7,16,19,21H,1-3,8-14H2,(H,22,24). The Morgan fingerprint density at radius 3 is 2.37 bits per heavy atom. The van der Waals surface area contributed by atoms with Gasteiger partial charge in [-0.3, -0.25) is 4.79 Å². The summed E-state index contributed by atoms with van der Waals surface area (Å²) < 4.78 is 41.0. The third-order valence-electron chi connectivity index (χ3n) is 5.45. The summed E-state index contributed by atoms with van der Waals surface area (Å²) in [7, 11) is -3.46. The molecule has 0 spiro atoms. The summed E-state index contributed by atoms with van der Waals surface area (Å²) in [6, 6.07) is 6.81. The molecule has 1 aromatic carbocycles. The molecule has 2 heterocycles. The lowest BCUT2D eigenvalue weighted by atomic mass is 9.90. The van der Waals surface area contributed by atoms with E-state index in [4.69, 9.17) is 0 Å². The second-order valence-electron chi connectivity index (χ2n) is 7.32. The summed E-state index contributed by atoms with van der Waals surface area (Å²) in [5.74, 6) is -0.650. The van der Waals surface area contributed by atoms with E-state index in [-0.39, 0.29) is 5.92 Å². The van der Waals surface area contributed by atoms with Crippen molar-refractivity contribution in [2.75, 3.05) is 38.2 Å². The Bertz CT molecular complexity index is 727. The molecule has 2 aliphatic rings. The van der Waals surface area contributed by atoms with E-state index < -0.39 is 27.9 Å². The number of anilines is 1. The minimum atomic E-state index is -3.46. The molecule has 0 radical (unpaired) electrons. The van der Waals surface area contributed by atoms with Crippen LogP contribution in [0, 0.1) is 5.92 Å². The van der Waals surface area contributed by atoms with Crippen molar-refractivity contribution in [1.29, 1.82) is 0 Å². The second kappa shape index (κ2) is 9.12. The molecule has 2 aliphatic heterocycles. The Morgan fingerprint density at radius 1 is 1.15 bits per heavy atom. The highest BCUT2D eigenvalue weighted by molar-refractivity contribution is 7.89. The second-order valence-corrected chi connectivity index (χ2v) is 9.37. The van der Waals surface area contributed by atoms with E-state index in [1.54, 1.807) is 28.6 Å². The molecule has 2 saturated heterocycles. The fraction of sp³-hybridized carbons (Fsp3) is 0.632. The first-order chi connectivity index (χ1) is 13.0. The van der Waals surface area contributed by atoms with Gasteiger partial charge in [0.2, 0.25) is 10.0 Å². The van der Waals surface area contributed by atoms with E-state index in [2.05, 4.69) is 10.6 Å². The zero-order valence-electron chi connectivity index (χ0n) is 15.5. The van der Waals surface area contributed by atoms with E-state index >= 15 is 0 Å². The summed E-state index contributed by atoms with van der Waals surface area (Å²) in [6.07, 6.45) is 4.53. The smallest absolute Gasteiger partial charge is 0.255 e. The van der Waals surface area contributed by atoms with E-state index in [0.717, 1.165) is 50.8 Å². The van der Waals surface area contributed by atoms with Crippen molar-refractivity contribution in [3.8, 4) is 0 Å². The number of rotatable bonds is 6. The molecule has 2 N–H and O–H groups in total. The molecule has 0 saturated carbocycles. The number of carbonyl (C=O) groups is 1. The number of piperidine rings is 2. The molecule has 150 valence electrons. The van der Waals surface area contributed by atoms with Gasteiger partial charge in [-0.1, -0.05) is 18.6 Å². The number of halogens is 1. The summed E-state index contributed by atoms with van der Waals surface area (Å²) in [6.45, 7) is 1.74. The largest absolute Gasteiger partial charge is 0.324 e. The van der Waals surface area contributed by atoms with Gasteiger partial charge in [-0.25, -0.2) is 17.1 Å². The molecule has 3 rings (SSSR count). The Morgan fingerprint density at radius 2 is 1.78 bits per heavy atom. The third-order valence-corrected chi connectivity index (χ3v) is 7.84. The number of hydrogen-bond acceptors (Lipinski definition) is 4. The van der Waals surface area contributed by atoms with Crippen LogP contribution in [0.2, 0.25) is 0 Å². The zero-order valence-corrected chi connectivity index (χ0v) is 16.3. The first-order valence-electron chi connectivity index (χ1n) is 9.68. The van der Waals surface area contributed by atoms with Gasteiger partial charge < -0.3 is 10.6 Å². The SMILES string of the molecule is O=C(CF)Nc1ccc(C(C2CCNCC2)S(=O)(=O)N2CCCCC2)cc1. The van der Waals surface area contributed by atoms with Gasteiger partial charge in [0.1, 0.15) is 5.25 Å². The number of carbonyl (C=O) groups excluding carboxylic acids is 1. The molecule has 1 unspecified atom stereocenters. The predicted molar refractivity (Wildman–Crippen MR) is 104 cm³/mol. The van der Waals surface area contributed by atoms with Crippen molar-refractivity contribution < 1.29 is 17.6 Å². The van der Waals surface area contributed by atoms with Gasteiger partial charge in [-0.05, 0) is 62.4 Å². The van der Waals surface area contributed by atoms with Crippen LogP contribution >= 0.6 is 0 Å². The fourth-order valence-corrected chi connectivity index (χ4v) is 6.41. The highest BCUT2D eigenvalue weighted by Crippen LogP contribution is 2.38. The predicted octanol–water partition coefficient (Wildman–Crippen LogP) is 2.45. The van der Waals surface area contributed by atoms with Gasteiger partial charge in [0.25, 0.3) is 5.91 Å². The molecule has 0 aromatic heterocycles. The molecule has 2 fully saturated rings. The van der Waals surface area contributed by atoms with Gasteiger partial charge >= 0.3 is 0 Å². The van der Waals surface area contributed by atoms with E-state index in [1.165, 1.54) is 0 Å². The maximum absolute atomic E-state index is 13.5. The topological polar surface area (TPSA) is 78.5 Å². The Hall–Kier alpha value is -1.51. The Balaban J connectivity index is 1.88. The lowest BCUT2D eigenvalue weighted by Crippen LogP contribution is -2.42. The molecule has 0 aliphatic carbocycles. The minimum absolute atomic E-state index is 0.0597. The van der Waals surface area contributed by atoms with Crippen LogP contribution in [0.3, 0.4) is 0 Å².